The van der Waals surface area contributed by atoms with Crippen LogP contribution in [0.2, 0.25) is 0 Å². The predicted octanol–water partition coefficient (Wildman–Crippen LogP) is 2.42. The van der Waals surface area contributed by atoms with Gasteiger partial charge in [0.1, 0.15) is 5.52 Å². The molecule has 1 aromatic carbocycles. The van der Waals surface area contributed by atoms with E-state index in [1.807, 2.05) is 13.0 Å². The molecule has 0 radical (unpaired) electrons. The fourth-order valence-electron chi connectivity index (χ4n) is 2.34. The second kappa shape index (κ2) is 5.19. The summed E-state index contributed by atoms with van der Waals surface area (Å²) in [6.07, 6.45) is 5.17. The van der Waals surface area contributed by atoms with Crippen LogP contribution >= 0.6 is 0 Å². The highest BCUT2D eigenvalue weighted by atomic mass is 16.3. The lowest BCUT2D eigenvalue weighted by Crippen LogP contribution is -2.40. The Morgan fingerprint density at radius 3 is 2.95 bits per heavy atom. The van der Waals surface area contributed by atoms with E-state index < -0.39 is 5.54 Å². The van der Waals surface area contributed by atoms with Crippen molar-refractivity contribution in [3.05, 3.63) is 29.7 Å². The molecule has 4 nitrogen and oxygen atoms in total. The maximum absolute atomic E-state index is 9.18. The lowest BCUT2D eigenvalue weighted by atomic mass is 9.95. The number of benzene rings is 1. The fourth-order valence-corrected chi connectivity index (χ4v) is 2.34. The van der Waals surface area contributed by atoms with Crippen LogP contribution in [-0.4, -0.2) is 22.2 Å². The van der Waals surface area contributed by atoms with Gasteiger partial charge in [0.05, 0.1) is 6.61 Å². The van der Waals surface area contributed by atoms with E-state index in [4.69, 9.17) is 10.2 Å². The Labute approximate surface area is 119 Å². The Balaban J connectivity index is 1.72. The number of oxazole rings is 1. The van der Waals surface area contributed by atoms with Gasteiger partial charge >= 0.3 is 0 Å². The zero-order chi connectivity index (χ0) is 14.2. The highest BCUT2D eigenvalue weighted by molar-refractivity contribution is 5.73. The number of hydrogen-bond acceptors (Lipinski definition) is 4. The fraction of sp³-hybridized carbons (Fsp3) is 0.562. The Kier molecular flexibility index (Phi) is 3.52. The molecular formula is C16H22N2O2. The molecule has 108 valence electrons. The highest BCUT2D eigenvalue weighted by Crippen LogP contribution is 2.33. The molecule has 1 saturated carbocycles. The average Bonchev–Trinajstić information content (AvgIpc) is 3.14. The minimum atomic E-state index is -0.518. The summed E-state index contributed by atoms with van der Waals surface area (Å²) in [7, 11) is 0. The Hall–Kier alpha value is -1.39. The van der Waals surface area contributed by atoms with Crippen LogP contribution in [0.4, 0.5) is 0 Å². The van der Waals surface area contributed by atoms with Gasteiger partial charge in [0.15, 0.2) is 11.5 Å². The van der Waals surface area contributed by atoms with Gasteiger partial charge in [0.2, 0.25) is 0 Å². The van der Waals surface area contributed by atoms with Crippen molar-refractivity contribution in [2.45, 2.75) is 44.6 Å². The number of aliphatic hydroxyl groups excluding tert-OH is 1. The zero-order valence-electron chi connectivity index (χ0n) is 11.9. The van der Waals surface area contributed by atoms with E-state index in [0.717, 1.165) is 42.2 Å². The van der Waals surface area contributed by atoms with Crippen LogP contribution in [-0.2, 0) is 12.8 Å². The smallest absolute Gasteiger partial charge is 0.195 e. The minimum absolute atomic E-state index is 0.00470. The molecule has 0 spiro atoms. The third-order valence-electron chi connectivity index (χ3n) is 4.00. The number of rotatable bonds is 6. The van der Waals surface area contributed by atoms with Gasteiger partial charge in [-0.1, -0.05) is 6.07 Å². The van der Waals surface area contributed by atoms with Crippen molar-refractivity contribution in [2.24, 2.45) is 11.7 Å². The summed E-state index contributed by atoms with van der Waals surface area (Å²) < 4.78 is 5.76. The summed E-state index contributed by atoms with van der Waals surface area (Å²) in [5, 5.41) is 9.18. The van der Waals surface area contributed by atoms with Gasteiger partial charge in [0, 0.05) is 12.0 Å². The Bertz CT molecular complexity index is 600. The number of nitrogens with two attached hydrogens (primary N) is 1. The first-order valence-electron chi connectivity index (χ1n) is 7.34. The molecule has 4 heteroatoms. The number of nitrogens with zero attached hydrogens (tertiary/aromatic N) is 1. The number of fused-ring (bicyclic) bond motifs is 1. The van der Waals surface area contributed by atoms with Crippen molar-refractivity contribution in [3.63, 3.8) is 0 Å². The van der Waals surface area contributed by atoms with E-state index >= 15 is 0 Å². The predicted molar refractivity (Wildman–Crippen MR) is 78.4 cm³/mol. The second-order valence-electron chi connectivity index (χ2n) is 6.37. The molecule has 0 saturated heterocycles. The van der Waals surface area contributed by atoms with E-state index in [2.05, 4.69) is 17.1 Å². The standard InChI is InChI=1S/C16H22N2O2/c1-16(17,10-19)7-6-12-4-5-14-13(8-12)18-15(20-14)9-11-2-3-11/h4-5,8,11,19H,2-3,6-7,9-10,17H2,1H3. The summed E-state index contributed by atoms with van der Waals surface area (Å²) in [6.45, 7) is 1.88. The lowest BCUT2D eigenvalue weighted by Gasteiger charge is -2.21. The van der Waals surface area contributed by atoms with Crippen LogP contribution in [0.25, 0.3) is 11.1 Å². The number of aliphatic hydroxyl groups is 1. The van der Waals surface area contributed by atoms with Gasteiger partial charge in [-0.2, -0.15) is 0 Å². The van der Waals surface area contributed by atoms with E-state index in [9.17, 15) is 5.11 Å². The molecule has 1 atom stereocenters. The summed E-state index contributed by atoms with van der Waals surface area (Å²) >= 11 is 0. The molecule has 3 N–H and O–H groups in total. The average molecular weight is 274 g/mol. The normalized spacial score (nSPS) is 18.4. The zero-order valence-corrected chi connectivity index (χ0v) is 11.9. The molecule has 2 aromatic rings. The molecule has 0 aliphatic heterocycles. The van der Waals surface area contributed by atoms with Crippen molar-refractivity contribution in [1.29, 1.82) is 0 Å². The van der Waals surface area contributed by atoms with Crippen molar-refractivity contribution in [3.8, 4) is 0 Å². The minimum Gasteiger partial charge on any atom is -0.441 e. The third kappa shape index (κ3) is 3.19. The van der Waals surface area contributed by atoms with Crippen molar-refractivity contribution < 1.29 is 9.52 Å². The number of aromatic nitrogens is 1. The van der Waals surface area contributed by atoms with Gasteiger partial charge < -0.3 is 15.3 Å². The maximum atomic E-state index is 9.18. The van der Waals surface area contributed by atoms with Gasteiger partial charge in [-0.3, -0.25) is 0 Å². The van der Waals surface area contributed by atoms with E-state index in [1.54, 1.807) is 0 Å². The summed E-state index contributed by atoms with van der Waals surface area (Å²) in [4.78, 5) is 4.57. The van der Waals surface area contributed by atoms with Gasteiger partial charge in [-0.25, -0.2) is 4.98 Å². The Morgan fingerprint density at radius 2 is 2.25 bits per heavy atom. The molecule has 1 aliphatic rings. The molecule has 1 unspecified atom stereocenters. The second-order valence-corrected chi connectivity index (χ2v) is 6.37. The number of hydrogen-bond donors (Lipinski definition) is 2. The first kappa shape index (κ1) is 13.6. The van der Waals surface area contributed by atoms with Crippen molar-refractivity contribution >= 4 is 11.1 Å². The van der Waals surface area contributed by atoms with Crippen molar-refractivity contribution in [1.82, 2.24) is 4.98 Å². The topological polar surface area (TPSA) is 72.3 Å². The van der Waals surface area contributed by atoms with Gasteiger partial charge in [0.25, 0.3) is 0 Å². The van der Waals surface area contributed by atoms with Crippen molar-refractivity contribution in [2.75, 3.05) is 6.61 Å². The first-order chi connectivity index (χ1) is 9.55. The number of aryl methyl sites for hydroxylation is 1. The maximum Gasteiger partial charge on any atom is 0.195 e. The van der Waals surface area contributed by atoms with Crippen LogP contribution in [0.3, 0.4) is 0 Å². The lowest BCUT2D eigenvalue weighted by molar-refractivity contribution is 0.200. The van der Waals surface area contributed by atoms with Crippen LogP contribution in [0.15, 0.2) is 22.6 Å². The van der Waals surface area contributed by atoms with Gasteiger partial charge in [-0.05, 0) is 56.2 Å². The molecule has 1 fully saturated rings. The molecule has 1 heterocycles. The Morgan fingerprint density at radius 1 is 1.45 bits per heavy atom. The quantitative estimate of drug-likeness (QED) is 0.848. The first-order valence-corrected chi connectivity index (χ1v) is 7.34. The van der Waals surface area contributed by atoms with Gasteiger partial charge in [-0.15, -0.1) is 0 Å². The highest BCUT2D eigenvalue weighted by Gasteiger charge is 2.24. The molecule has 0 bridgehead atoms. The van der Waals surface area contributed by atoms with Crippen LogP contribution in [0.5, 0.6) is 0 Å². The monoisotopic (exact) mass is 274 g/mol. The summed E-state index contributed by atoms with van der Waals surface area (Å²) in [5.74, 6) is 1.64. The van der Waals surface area contributed by atoms with E-state index in [1.165, 1.54) is 18.4 Å². The molecular weight excluding hydrogens is 252 g/mol. The largest absolute Gasteiger partial charge is 0.441 e. The van der Waals surface area contributed by atoms with Crippen LogP contribution < -0.4 is 5.73 Å². The summed E-state index contributed by atoms with van der Waals surface area (Å²) in [5.41, 5.74) is 8.42. The van der Waals surface area contributed by atoms with E-state index in [0.29, 0.717) is 0 Å². The van der Waals surface area contributed by atoms with E-state index in [-0.39, 0.29) is 6.61 Å². The SMILES string of the molecule is CC(N)(CO)CCc1ccc2oc(CC3CC3)nc2c1. The van der Waals surface area contributed by atoms with Crippen LogP contribution in [0, 0.1) is 5.92 Å². The molecule has 1 aromatic heterocycles. The third-order valence-corrected chi connectivity index (χ3v) is 4.00. The molecule has 0 amide bonds. The molecule has 1 aliphatic carbocycles. The summed E-state index contributed by atoms with van der Waals surface area (Å²) in [6, 6.07) is 6.12. The molecule has 20 heavy (non-hydrogen) atoms. The van der Waals surface area contributed by atoms with Crippen LogP contribution in [0.1, 0.15) is 37.6 Å². The molecule has 3 rings (SSSR count).